The topological polar surface area (TPSA) is 64.6 Å². The Labute approximate surface area is 170 Å². The highest BCUT2D eigenvalue weighted by Crippen LogP contribution is 2.22. The molecule has 0 aliphatic rings. The first-order chi connectivity index (χ1) is 14.2. The summed E-state index contributed by atoms with van der Waals surface area (Å²) >= 11 is 0. The standard InChI is InChI=1S/C24H23NO4/c1-28-21-15-9-8-14-20(21)16-23(27)29-17-22(26)25-24(18-10-4-2-5-11-18)19-12-6-3-7-13-19/h2-15,24H,16-17H2,1H3,(H,25,26). The Morgan fingerprint density at radius 3 is 1.97 bits per heavy atom. The van der Waals surface area contributed by atoms with Crippen molar-refractivity contribution < 1.29 is 19.1 Å². The monoisotopic (exact) mass is 389 g/mol. The highest BCUT2D eigenvalue weighted by Gasteiger charge is 2.18. The SMILES string of the molecule is COc1ccccc1CC(=O)OCC(=O)NC(c1ccccc1)c1ccccc1. The fourth-order valence-corrected chi connectivity index (χ4v) is 3.05. The summed E-state index contributed by atoms with van der Waals surface area (Å²) in [6.45, 7) is -0.343. The van der Waals surface area contributed by atoms with Crippen molar-refractivity contribution in [3.8, 4) is 5.75 Å². The fourth-order valence-electron chi connectivity index (χ4n) is 3.05. The average Bonchev–Trinajstić information content (AvgIpc) is 2.77. The molecule has 1 amide bonds. The summed E-state index contributed by atoms with van der Waals surface area (Å²) < 4.78 is 10.4. The Morgan fingerprint density at radius 1 is 0.828 bits per heavy atom. The molecule has 5 heteroatoms. The van der Waals surface area contributed by atoms with Crippen molar-refractivity contribution in [1.29, 1.82) is 0 Å². The third-order valence-corrected chi connectivity index (χ3v) is 4.46. The maximum absolute atomic E-state index is 12.5. The summed E-state index contributed by atoms with van der Waals surface area (Å²) in [5.74, 6) is -0.237. The van der Waals surface area contributed by atoms with E-state index in [-0.39, 0.29) is 25.0 Å². The zero-order valence-electron chi connectivity index (χ0n) is 16.2. The number of esters is 1. The van der Waals surface area contributed by atoms with E-state index in [1.807, 2.05) is 72.8 Å². The van der Waals surface area contributed by atoms with Crippen LogP contribution in [0, 0.1) is 0 Å². The van der Waals surface area contributed by atoms with E-state index in [2.05, 4.69) is 5.32 Å². The van der Waals surface area contributed by atoms with Crippen LogP contribution in [0.5, 0.6) is 5.75 Å². The molecule has 0 aliphatic carbocycles. The Hall–Kier alpha value is -3.60. The fraction of sp³-hybridized carbons (Fsp3) is 0.167. The molecule has 1 N–H and O–H groups in total. The summed E-state index contributed by atoms with van der Waals surface area (Å²) in [7, 11) is 1.55. The summed E-state index contributed by atoms with van der Waals surface area (Å²) in [4.78, 5) is 24.6. The molecule has 0 atom stereocenters. The van der Waals surface area contributed by atoms with Crippen molar-refractivity contribution in [2.75, 3.05) is 13.7 Å². The molecule has 0 aromatic heterocycles. The Balaban J connectivity index is 1.61. The molecule has 3 rings (SSSR count). The first-order valence-electron chi connectivity index (χ1n) is 9.34. The molecule has 0 saturated heterocycles. The van der Waals surface area contributed by atoms with Crippen molar-refractivity contribution in [2.45, 2.75) is 12.5 Å². The van der Waals surface area contributed by atoms with Gasteiger partial charge in [0.15, 0.2) is 6.61 Å². The van der Waals surface area contributed by atoms with Gasteiger partial charge in [0.1, 0.15) is 5.75 Å². The molecular formula is C24H23NO4. The molecular weight excluding hydrogens is 366 g/mol. The van der Waals surface area contributed by atoms with Gasteiger partial charge in [-0.2, -0.15) is 0 Å². The normalized spacial score (nSPS) is 10.4. The van der Waals surface area contributed by atoms with Crippen molar-refractivity contribution in [1.82, 2.24) is 5.32 Å². The van der Waals surface area contributed by atoms with Gasteiger partial charge in [-0.3, -0.25) is 9.59 Å². The molecule has 0 aliphatic heterocycles. The van der Waals surface area contributed by atoms with Crippen molar-refractivity contribution >= 4 is 11.9 Å². The molecule has 0 saturated carbocycles. The maximum atomic E-state index is 12.5. The van der Waals surface area contributed by atoms with E-state index in [9.17, 15) is 9.59 Å². The van der Waals surface area contributed by atoms with E-state index in [0.29, 0.717) is 11.3 Å². The van der Waals surface area contributed by atoms with E-state index >= 15 is 0 Å². The highest BCUT2D eigenvalue weighted by molar-refractivity contribution is 5.82. The first-order valence-corrected chi connectivity index (χ1v) is 9.34. The summed E-state index contributed by atoms with van der Waals surface area (Å²) in [6, 6.07) is 26.2. The third kappa shape index (κ3) is 5.69. The van der Waals surface area contributed by atoms with Crippen molar-refractivity contribution in [3.63, 3.8) is 0 Å². The van der Waals surface area contributed by atoms with Gasteiger partial charge in [-0.15, -0.1) is 0 Å². The summed E-state index contributed by atoms with van der Waals surface area (Å²) in [5, 5.41) is 2.95. The minimum atomic E-state index is -0.486. The van der Waals surface area contributed by atoms with Gasteiger partial charge in [0, 0.05) is 5.56 Å². The van der Waals surface area contributed by atoms with Crippen LogP contribution in [0.15, 0.2) is 84.9 Å². The number of ether oxygens (including phenoxy) is 2. The van der Waals surface area contributed by atoms with E-state index in [4.69, 9.17) is 9.47 Å². The molecule has 0 unspecified atom stereocenters. The lowest BCUT2D eigenvalue weighted by atomic mass is 9.99. The zero-order valence-corrected chi connectivity index (χ0v) is 16.2. The number of amides is 1. The lowest BCUT2D eigenvalue weighted by Gasteiger charge is -2.20. The number of methoxy groups -OCH3 is 1. The quantitative estimate of drug-likeness (QED) is 0.597. The van der Waals surface area contributed by atoms with E-state index < -0.39 is 5.97 Å². The summed E-state index contributed by atoms with van der Waals surface area (Å²) in [6.07, 6.45) is 0.0398. The molecule has 148 valence electrons. The van der Waals surface area contributed by atoms with Crippen LogP contribution in [0.2, 0.25) is 0 Å². The van der Waals surface area contributed by atoms with Crippen LogP contribution in [-0.4, -0.2) is 25.6 Å². The van der Waals surface area contributed by atoms with Gasteiger partial charge in [0.05, 0.1) is 19.6 Å². The van der Waals surface area contributed by atoms with Gasteiger partial charge >= 0.3 is 5.97 Å². The lowest BCUT2D eigenvalue weighted by molar-refractivity contribution is -0.148. The Bertz CT molecular complexity index is 902. The molecule has 3 aromatic carbocycles. The maximum Gasteiger partial charge on any atom is 0.310 e. The third-order valence-electron chi connectivity index (χ3n) is 4.46. The largest absolute Gasteiger partial charge is 0.496 e. The van der Waals surface area contributed by atoms with Gasteiger partial charge in [-0.1, -0.05) is 78.9 Å². The molecule has 29 heavy (non-hydrogen) atoms. The molecule has 0 heterocycles. The number of benzene rings is 3. The number of hydrogen-bond acceptors (Lipinski definition) is 4. The molecule has 0 spiro atoms. The number of nitrogens with one attached hydrogen (secondary N) is 1. The average molecular weight is 389 g/mol. The number of carbonyl (C=O) groups excluding carboxylic acids is 2. The van der Waals surface area contributed by atoms with Crippen LogP contribution in [-0.2, 0) is 20.7 Å². The molecule has 0 fully saturated rings. The lowest BCUT2D eigenvalue weighted by Crippen LogP contribution is -2.33. The minimum absolute atomic E-state index is 0.0398. The van der Waals surface area contributed by atoms with Gasteiger partial charge in [0.2, 0.25) is 0 Å². The summed E-state index contributed by atoms with van der Waals surface area (Å²) in [5.41, 5.74) is 2.62. The second-order valence-electron chi connectivity index (χ2n) is 6.47. The van der Waals surface area contributed by atoms with Gasteiger partial charge in [-0.05, 0) is 17.2 Å². The highest BCUT2D eigenvalue weighted by atomic mass is 16.5. The van der Waals surface area contributed by atoms with E-state index in [0.717, 1.165) is 11.1 Å². The number of hydrogen-bond donors (Lipinski definition) is 1. The minimum Gasteiger partial charge on any atom is -0.496 e. The van der Waals surface area contributed by atoms with Crippen LogP contribution in [0.3, 0.4) is 0 Å². The van der Waals surface area contributed by atoms with E-state index in [1.54, 1.807) is 19.2 Å². The molecule has 0 radical (unpaired) electrons. The first kappa shape index (κ1) is 20.1. The van der Waals surface area contributed by atoms with E-state index in [1.165, 1.54) is 0 Å². The Kier molecular flexibility index (Phi) is 7.00. The van der Waals surface area contributed by atoms with Gasteiger partial charge < -0.3 is 14.8 Å². The molecule has 0 bridgehead atoms. The van der Waals surface area contributed by atoms with Crippen LogP contribution in [0.1, 0.15) is 22.7 Å². The molecule has 3 aromatic rings. The van der Waals surface area contributed by atoms with Crippen LogP contribution in [0.4, 0.5) is 0 Å². The van der Waals surface area contributed by atoms with Crippen LogP contribution < -0.4 is 10.1 Å². The molecule has 5 nitrogen and oxygen atoms in total. The van der Waals surface area contributed by atoms with Gasteiger partial charge in [0.25, 0.3) is 5.91 Å². The second kappa shape index (κ2) is 10.1. The number of carbonyl (C=O) groups is 2. The van der Waals surface area contributed by atoms with Crippen molar-refractivity contribution in [3.05, 3.63) is 102 Å². The zero-order chi connectivity index (χ0) is 20.5. The van der Waals surface area contributed by atoms with Crippen LogP contribution >= 0.6 is 0 Å². The second-order valence-corrected chi connectivity index (χ2v) is 6.47. The predicted molar refractivity (Wildman–Crippen MR) is 111 cm³/mol. The predicted octanol–water partition coefficient (Wildman–Crippen LogP) is 3.69. The Morgan fingerprint density at radius 2 is 1.38 bits per heavy atom. The smallest absolute Gasteiger partial charge is 0.310 e. The van der Waals surface area contributed by atoms with Crippen LogP contribution in [0.25, 0.3) is 0 Å². The number of rotatable bonds is 8. The van der Waals surface area contributed by atoms with Gasteiger partial charge in [-0.25, -0.2) is 0 Å². The number of para-hydroxylation sites is 1. The van der Waals surface area contributed by atoms with Crippen molar-refractivity contribution in [2.24, 2.45) is 0 Å².